The van der Waals surface area contributed by atoms with Gasteiger partial charge in [0.15, 0.2) is 0 Å². The third kappa shape index (κ3) is 2.14. The molecule has 0 amide bonds. The van der Waals surface area contributed by atoms with Gasteiger partial charge in [0.2, 0.25) is 0 Å². The average Bonchev–Trinajstić information content (AvgIpc) is 2.11. The molecule has 1 saturated heterocycles. The van der Waals surface area contributed by atoms with Gasteiger partial charge in [0, 0.05) is 0 Å². The molecule has 15 heavy (non-hydrogen) atoms. The van der Waals surface area contributed by atoms with E-state index in [9.17, 15) is 13.2 Å². The first-order valence-corrected chi connectivity index (χ1v) is 5.81. The van der Waals surface area contributed by atoms with Crippen LogP contribution in [0.25, 0.3) is 0 Å². The van der Waals surface area contributed by atoms with Gasteiger partial charge in [-0.2, -0.15) is 13.2 Å². The molecule has 0 aromatic carbocycles. The number of hydrogen-bond acceptors (Lipinski definition) is 1. The van der Waals surface area contributed by atoms with Crippen molar-refractivity contribution in [1.82, 2.24) is 5.32 Å². The minimum atomic E-state index is -3.98. The van der Waals surface area contributed by atoms with Gasteiger partial charge in [-0.15, -0.1) is 0 Å². The Bertz CT molecular complexity index is 214. The number of nitrogens with one attached hydrogen (secondary N) is 1. The van der Waals surface area contributed by atoms with Crippen LogP contribution in [0.3, 0.4) is 0 Å². The number of hydrogen-bond donors (Lipinski definition) is 1. The fourth-order valence-electron chi connectivity index (χ4n) is 2.86. The van der Waals surface area contributed by atoms with Crippen molar-refractivity contribution < 1.29 is 13.2 Å². The summed E-state index contributed by atoms with van der Waals surface area (Å²) in [5.74, 6) is 0.237. The van der Waals surface area contributed by atoms with Gasteiger partial charge in [0.25, 0.3) is 0 Å². The van der Waals surface area contributed by atoms with Crippen LogP contribution in [0.4, 0.5) is 13.2 Å². The van der Waals surface area contributed by atoms with Gasteiger partial charge in [-0.05, 0) is 51.1 Å². The zero-order valence-corrected chi connectivity index (χ0v) is 8.87. The molecular formula is C11H18F3N. The first-order valence-electron chi connectivity index (χ1n) is 5.81. The van der Waals surface area contributed by atoms with Crippen LogP contribution in [0.5, 0.6) is 0 Å². The highest BCUT2D eigenvalue weighted by Crippen LogP contribution is 2.56. The van der Waals surface area contributed by atoms with Gasteiger partial charge in [-0.25, -0.2) is 0 Å². The summed E-state index contributed by atoms with van der Waals surface area (Å²) in [7, 11) is 0. The molecule has 2 aliphatic rings. The fraction of sp³-hybridized carbons (Fsp3) is 1.00. The molecule has 4 heteroatoms. The molecule has 1 unspecified atom stereocenters. The SMILES string of the molecule is FC(F)(F)C1(CC2CCCNC2)CCC1. The second-order valence-electron chi connectivity index (χ2n) is 5.05. The molecule has 88 valence electrons. The van der Waals surface area contributed by atoms with Crippen molar-refractivity contribution in [3.8, 4) is 0 Å². The predicted molar refractivity (Wildman–Crippen MR) is 52.5 cm³/mol. The molecule has 1 atom stereocenters. The topological polar surface area (TPSA) is 12.0 Å². The van der Waals surface area contributed by atoms with Crippen molar-refractivity contribution in [3.05, 3.63) is 0 Å². The summed E-state index contributed by atoms with van der Waals surface area (Å²) in [4.78, 5) is 0. The van der Waals surface area contributed by atoms with Gasteiger partial charge in [-0.3, -0.25) is 0 Å². The van der Waals surface area contributed by atoms with Crippen molar-refractivity contribution in [1.29, 1.82) is 0 Å². The maximum absolute atomic E-state index is 12.9. The maximum Gasteiger partial charge on any atom is 0.394 e. The summed E-state index contributed by atoms with van der Waals surface area (Å²) in [5.41, 5.74) is -1.32. The Balaban J connectivity index is 1.95. The summed E-state index contributed by atoms with van der Waals surface area (Å²) in [6.45, 7) is 1.74. The molecule has 2 fully saturated rings. The van der Waals surface area contributed by atoms with E-state index >= 15 is 0 Å². The standard InChI is InChI=1S/C11H18F3N/c12-11(13,14)10(4-2-5-10)7-9-3-1-6-15-8-9/h9,15H,1-8H2. The number of piperidine rings is 1. The second-order valence-corrected chi connectivity index (χ2v) is 5.05. The van der Waals surface area contributed by atoms with Gasteiger partial charge in [0.05, 0.1) is 5.41 Å². The fourth-order valence-corrected chi connectivity index (χ4v) is 2.86. The molecule has 1 saturated carbocycles. The molecule has 1 aliphatic heterocycles. The molecule has 0 radical (unpaired) electrons. The Morgan fingerprint density at radius 2 is 1.93 bits per heavy atom. The molecule has 1 nitrogen and oxygen atoms in total. The lowest BCUT2D eigenvalue weighted by molar-refractivity contribution is -0.257. The number of alkyl halides is 3. The molecule has 0 aromatic heterocycles. The number of halogens is 3. The smallest absolute Gasteiger partial charge is 0.316 e. The van der Waals surface area contributed by atoms with Crippen molar-refractivity contribution in [2.24, 2.45) is 11.3 Å². The largest absolute Gasteiger partial charge is 0.394 e. The van der Waals surface area contributed by atoms with E-state index in [1.54, 1.807) is 0 Å². The lowest BCUT2D eigenvalue weighted by atomic mass is 9.63. The number of rotatable bonds is 2. The monoisotopic (exact) mass is 221 g/mol. The maximum atomic E-state index is 12.9. The van der Waals surface area contributed by atoms with E-state index in [1.165, 1.54) is 0 Å². The minimum absolute atomic E-state index is 0.237. The highest BCUT2D eigenvalue weighted by Gasteiger charge is 2.58. The first kappa shape index (κ1) is 11.2. The van der Waals surface area contributed by atoms with Crippen LogP contribution < -0.4 is 5.32 Å². The van der Waals surface area contributed by atoms with Crippen molar-refractivity contribution >= 4 is 0 Å². The summed E-state index contributed by atoms with van der Waals surface area (Å²) in [6, 6.07) is 0. The van der Waals surface area contributed by atoms with E-state index in [-0.39, 0.29) is 5.92 Å². The van der Waals surface area contributed by atoms with Gasteiger partial charge in [0.1, 0.15) is 0 Å². The Hall–Kier alpha value is -0.250. The second kappa shape index (κ2) is 3.96. The highest BCUT2D eigenvalue weighted by molar-refractivity contribution is 4.95. The summed E-state index contributed by atoms with van der Waals surface area (Å²) >= 11 is 0. The summed E-state index contributed by atoms with van der Waals surface area (Å²) in [6.07, 6.45) is -0.185. The van der Waals surface area contributed by atoms with Crippen LogP contribution in [0.15, 0.2) is 0 Å². The van der Waals surface area contributed by atoms with E-state index in [0.29, 0.717) is 19.3 Å². The predicted octanol–water partition coefficient (Wildman–Crippen LogP) is 3.11. The van der Waals surface area contributed by atoms with Gasteiger partial charge >= 0.3 is 6.18 Å². The Kier molecular flexibility index (Phi) is 2.97. The summed E-state index contributed by atoms with van der Waals surface area (Å²) < 4.78 is 38.7. The summed E-state index contributed by atoms with van der Waals surface area (Å²) in [5, 5.41) is 3.19. The first-order chi connectivity index (χ1) is 7.04. The quantitative estimate of drug-likeness (QED) is 0.755. The lowest BCUT2D eigenvalue weighted by Gasteiger charge is -2.45. The Labute approximate surface area is 88.4 Å². The molecule has 0 aromatic rings. The van der Waals surface area contributed by atoms with Crippen molar-refractivity contribution in [2.75, 3.05) is 13.1 Å². The van der Waals surface area contributed by atoms with Gasteiger partial charge < -0.3 is 5.32 Å². The van der Waals surface area contributed by atoms with E-state index in [2.05, 4.69) is 5.32 Å². The molecule has 0 bridgehead atoms. The zero-order valence-electron chi connectivity index (χ0n) is 8.87. The minimum Gasteiger partial charge on any atom is -0.316 e. The van der Waals surface area contributed by atoms with Crippen LogP contribution in [0, 0.1) is 11.3 Å². The van der Waals surface area contributed by atoms with Gasteiger partial charge in [-0.1, -0.05) is 6.42 Å². The van der Waals surface area contributed by atoms with Crippen molar-refractivity contribution in [2.45, 2.75) is 44.7 Å². The lowest BCUT2D eigenvalue weighted by Crippen LogP contribution is -2.47. The zero-order chi connectivity index (χ0) is 10.9. The highest BCUT2D eigenvalue weighted by atomic mass is 19.4. The van der Waals surface area contributed by atoms with E-state index in [1.807, 2.05) is 0 Å². The Morgan fingerprint density at radius 1 is 1.20 bits per heavy atom. The van der Waals surface area contributed by atoms with Crippen LogP contribution in [-0.4, -0.2) is 19.3 Å². The normalized spacial score (nSPS) is 31.0. The third-order valence-corrected chi connectivity index (χ3v) is 3.99. The average molecular weight is 221 g/mol. The van der Waals surface area contributed by atoms with E-state index in [0.717, 1.165) is 32.4 Å². The van der Waals surface area contributed by atoms with Crippen LogP contribution in [-0.2, 0) is 0 Å². The van der Waals surface area contributed by atoms with Crippen molar-refractivity contribution in [3.63, 3.8) is 0 Å². The molecular weight excluding hydrogens is 203 g/mol. The van der Waals surface area contributed by atoms with E-state index in [4.69, 9.17) is 0 Å². The molecule has 1 heterocycles. The molecule has 1 aliphatic carbocycles. The Morgan fingerprint density at radius 3 is 2.33 bits per heavy atom. The molecule has 1 N–H and O–H groups in total. The van der Waals surface area contributed by atoms with Crippen LogP contribution in [0.1, 0.15) is 38.5 Å². The third-order valence-electron chi connectivity index (χ3n) is 3.99. The molecule has 0 spiro atoms. The van der Waals surface area contributed by atoms with Crippen LogP contribution in [0.2, 0.25) is 0 Å². The van der Waals surface area contributed by atoms with E-state index < -0.39 is 11.6 Å². The molecule has 2 rings (SSSR count). The van der Waals surface area contributed by atoms with Crippen LogP contribution >= 0.6 is 0 Å².